The molecule has 1 unspecified atom stereocenters. The number of aryl methyl sites for hydroxylation is 1. The summed E-state index contributed by atoms with van der Waals surface area (Å²) < 4.78 is 18.5. The van der Waals surface area contributed by atoms with Gasteiger partial charge in [-0.2, -0.15) is 0 Å². The molecule has 2 aliphatic heterocycles. The van der Waals surface area contributed by atoms with Crippen molar-refractivity contribution in [1.29, 1.82) is 0 Å². The monoisotopic (exact) mass is 414 g/mol. The van der Waals surface area contributed by atoms with Gasteiger partial charge in [0.2, 0.25) is 0 Å². The smallest absolute Gasteiger partial charge is 0.313 e. The normalized spacial score (nSPS) is 17.2. The molecule has 9 heteroatoms. The van der Waals surface area contributed by atoms with Crippen LogP contribution in [0.15, 0.2) is 36.5 Å². The van der Waals surface area contributed by atoms with Crippen LogP contribution < -0.4 is 20.1 Å². The molecule has 30 heavy (non-hydrogen) atoms. The van der Waals surface area contributed by atoms with Gasteiger partial charge in [0.05, 0.1) is 19.3 Å². The Morgan fingerprint density at radius 2 is 1.80 bits per heavy atom. The maximum absolute atomic E-state index is 12.4. The molecule has 2 N–H and O–H groups in total. The molecule has 1 atom stereocenters. The lowest BCUT2D eigenvalue weighted by atomic mass is 10.1. The Labute approximate surface area is 174 Å². The van der Waals surface area contributed by atoms with E-state index in [1.807, 2.05) is 29.9 Å². The van der Waals surface area contributed by atoms with Crippen LogP contribution in [0.25, 0.3) is 0 Å². The minimum absolute atomic E-state index is 0.0417. The summed E-state index contributed by atoms with van der Waals surface area (Å²) in [4.78, 5) is 27.1. The molecule has 4 rings (SSSR count). The number of amides is 2. The lowest BCUT2D eigenvalue weighted by molar-refractivity contribution is -0.136. The minimum Gasteiger partial charge on any atom is -0.486 e. The van der Waals surface area contributed by atoms with Gasteiger partial charge < -0.3 is 29.4 Å². The number of carbonyl (C=O) groups excluding carboxylic acids is 2. The van der Waals surface area contributed by atoms with E-state index >= 15 is 0 Å². The van der Waals surface area contributed by atoms with Gasteiger partial charge in [0.1, 0.15) is 13.2 Å². The standard InChI is InChI=1S/C21H26N4O5/c1-24-6-2-3-16(24)17(25-7-9-28-10-8-25)14-22-20(26)21(27)23-15-4-5-18-19(13-15)30-12-11-29-18/h2-6,13,17H,7-12,14H2,1H3,(H,22,26)(H,23,27). The highest BCUT2D eigenvalue weighted by Crippen LogP contribution is 2.32. The molecule has 1 aromatic heterocycles. The number of benzene rings is 1. The molecular formula is C21H26N4O5. The predicted octanol–water partition coefficient (Wildman–Crippen LogP) is 0.924. The average molecular weight is 414 g/mol. The van der Waals surface area contributed by atoms with Gasteiger partial charge in [0.15, 0.2) is 11.5 Å². The zero-order valence-corrected chi connectivity index (χ0v) is 16.9. The largest absolute Gasteiger partial charge is 0.486 e. The number of anilines is 1. The number of hydrogen-bond acceptors (Lipinski definition) is 6. The molecule has 1 fully saturated rings. The third-order valence-corrected chi connectivity index (χ3v) is 5.27. The second-order valence-electron chi connectivity index (χ2n) is 7.23. The van der Waals surface area contributed by atoms with Gasteiger partial charge >= 0.3 is 11.8 Å². The van der Waals surface area contributed by atoms with Crippen molar-refractivity contribution < 1.29 is 23.8 Å². The quantitative estimate of drug-likeness (QED) is 0.707. The molecule has 9 nitrogen and oxygen atoms in total. The van der Waals surface area contributed by atoms with Gasteiger partial charge in [-0.15, -0.1) is 0 Å². The number of carbonyl (C=O) groups is 2. The van der Waals surface area contributed by atoms with E-state index in [2.05, 4.69) is 15.5 Å². The molecule has 2 aliphatic rings. The summed E-state index contributed by atoms with van der Waals surface area (Å²) in [6.07, 6.45) is 1.97. The lowest BCUT2D eigenvalue weighted by Gasteiger charge is -2.34. The second kappa shape index (κ2) is 9.19. The van der Waals surface area contributed by atoms with Crippen molar-refractivity contribution in [2.75, 3.05) is 51.4 Å². The molecule has 1 aromatic carbocycles. The van der Waals surface area contributed by atoms with Crippen LogP contribution >= 0.6 is 0 Å². The lowest BCUT2D eigenvalue weighted by Crippen LogP contribution is -2.46. The highest BCUT2D eigenvalue weighted by molar-refractivity contribution is 6.39. The van der Waals surface area contributed by atoms with E-state index in [1.165, 1.54) is 0 Å². The van der Waals surface area contributed by atoms with Crippen molar-refractivity contribution in [3.8, 4) is 11.5 Å². The van der Waals surface area contributed by atoms with Crippen LogP contribution in [-0.2, 0) is 21.4 Å². The van der Waals surface area contributed by atoms with E-state index in [4.69, 9.17) is 14.2 Å². The molecule has 0 spiro atoms. The second-order valence-corrected chi connectivity index (χ2v) is 7.23. The van der Waals surface area contributed by atoms with Gasteiger partial charge in [0.25, 0.3) is 0 Å². The highest BCUT2D eigenvalue weighted by atomic mass is 16.6. The third kappa shape index (κ3) is 4.58. The molecular weight excluding hydrogens is 388 g/mol. The SMILES string of the molecule is Cn1cccc1C(CNC(=O)C(=O)Nc1ccc2c(c1)OCCO2)N1CCOCC1. The van der Waals surface area contributed by atoms with Gasteiger partial charge in [-0.1, -0.05) is 0 Å². The van der Waals surface area contributed by atoms with Crippen molar-refractivity contribution in [2.24, 2.45) is 7.05 Å². The highest BCUT2D eigenvalue weighted by Gasteiger charge is 2.26. The van der Waals surface area contributed by atoms with Gasteiger partial charge in [0, 0.05) is 50.3 Å². The van der Waals surface area contributed by atoms with Gasteiger partial charge in [-0.3, -0.25) is 14.5 Å². The average Bonchev–Trinajstić information content (AvgIpc) is 3.20. The van der Waals surface area contributed by atoms with Crippen LogP contribution in [-0.4, -0.2) is 67.3 Å². The topological polar surface area (TPSA) is 94.1 Å². The number of morpholine rings is 1. The van der Waals surface area contributed by atoms with E-state index in [0.29, 0.717) is 50.2 Å². The molecule has 1 saturated heterocycles. The first-order valence-electron chi connectivity index (χ1n) is 10.0. The van der Waals surface area contributed by atoms with Crippen molar-refractivity contribution in [3.05, 3.63) is 42.2 Å². The predicted molar refractivity (Wildman–Crippen MR) is 110 cm³/mol. The number of aromatic nitrogens is 1. The Bertz CT molecular complexity index is 907. The summed E-state index contributed by atoms with van der Waals surface area (Å²) in [5, 5.41) is 5.39. The van der Waals surface area contributed by atoms with E-state index in [0.717, 1.165) is 18.8 Å². The fraction of sp³-hybridized carbons (Fsp3) is 0.429. The Morgan fingerprint density at radius 1 is 1.03 bits per heavy atom. The third-order valence-electron chi connectivity index (χ3n) is 5.27. The summed E-state index contributed by atoms with van der Waals surface area (Å²) in [6, 6.07) is 9.01. The number of fused-ring (bicyclic) bond motifs is 1. The van der Waals surface area contributed by atoms with Crippen molar-refractivity contribution in [2.45, 2.75) is 6.04 Å². The van der Waals surface area contributed by atoms with Gasteiger partial charge in [-0.25, -0.2) is 0 Å². The van der Waals surface area contributed by atoms with E-state index in [9.17, 15) is 9.59 Å². The van der Waals surface area contributed by atoms with Crippen molar-refractivity contribution >= 4 is 17.5 Å². The zero-order valence-electron chi connectivity index (χ0n) is 16.9. The minimum atomic E-state index is -0.723. The van der Waals surface area contributed by atoms with Gasteiger partial charge in [-0.05, 0) is 24.3 Å². The van der Waals surface area contributed by atoms with Crippen LogP contribution in [0.3, 0.4) is 0 Å². The first kappa shape index (κ1) is 20.2. The summed E-state index contributed by atoms with van der Waals surface area (Å²) >= 11 is 0. The molecule has 0 bridgehead atoms. The van der Waals surface area contributed by atoms with E-state index in [1.54, 1.807) is 18.2 Å². The molecule has 0 radical (unpaired) electrons. The summed E-state index contributed by atoms with van der Waals surface area (Å²) in [5.41, 5.74) is 1.55. The fourth-order valence-electron chi connectivity index (χ4n) is 3.71. The molecule has 0 saturated carbocycles. The summed E-state index contributed by atoms with van der Waals surface area (Å²) in [7, 11) is 1.97. The van der Waals surface area contributed by atoms with Crippen molar-refractivity contribution in [3.63, 3.8) is 0 Å². The zero-order chi connectivity index (χ0) is 20.9. The maximum atomic E-state index is 12.4. The number of rotatable bonds is 5. The first-order valence-corrected chi connectivity index (χ1v) is 10.0. The molecule has 0 aliphatic carbocycles. The Balaban J connectivity index is 1.38. The van der Waals surface area contributed by atoms with Crippen molar-refractivity contribution in [1.82, 2.24) is 14.8 Å². The van der Waals surface area contributed by atoms with E-state index < -0.39 is 11.8 Å². The Hall–Kier alpha value is -3.04. The van der Waals surface area contributed by atoms with Crippen LogP contribution in [0.2, 0.25) is 0 Å². The van der Waals surface area contributed by atoms with Crippen LogP contribution in [0, 0.1) is 0 Å². The summed E-state index contributed by atoms with van der Waals surface area (Å²) in [6.45, 7) is 4.12. The van der Waals surface area contributed by atoms with Crippen LogP contribution in [0.1, 0.15) is 11.7 Å². The molecule has 2 aromatic rings. The first-order chi connectivity index (χ1) is 14.6. The fourth-order valence-corrected chi connectivity index (χ4v) is 3.71. The number of nitrogens with zero attached hydrogens (tertiary/aromatic N) is 2. The van der Waals surface area contributed by atoms with E-state index in [-0.39, 0.29) is 6.04 Å². The maximum Gasteiger partial charge on any atom is 0.313 e. The molecule has 160 valence electrons. The Kier molecular flexibility index (Phi) is 6.20. The number of hydrogen-bond donors (Lipinski definition) is 2. The molecule has 2 amide bonds. The summed E-state index contributed by atoms with van der Waals surface area (Å²) in [5.74, 6) is -0.230. The number of ether oxygens (including phenoxy) is 3. The molecule has 3 heterocycles. The van der Waals surface area contributed by atoms with Crippen LogP contribution in [0.5, 0.6) is 11.5 Å². The number of nitrogens with one attached hydrogen (secondary N) is 2. The Morgan fingerprint density at radius 3 is 2.53 bits per heavy atom. The van der Waals surface area contributed by atoms with Crippen LogP contribution in [0.4, 0.5) is 5.69 Å².